The Hall–Kier alpha value is -1.15. The van der Waals surface area contributed by atoms with E-state index in [0.29, 0.717) is 19.3 Å². The lowest BCUT2D eigenvalue weighted by Crippen LogP contribution is -2.60. The van der Waals surface area contributed by atoms with E-state index in [1.165, 1.54) is 89.9 Å². The van der Waals surface area contributed by atoms with E-state index >= 15 is 0 Å². The third kappa shape index (κ3) is 22.3. The molecule has 9 atom stereocenters. The van der Waals surface area contributed by atoms with Crippen LogP contribution in [0.15, 0.2) is 12.2 Å². The smallest absolute Gasteiger partial charge is 0.249 e. The first kappa shape index (κ1) is 48.9. The Morgan fingerprint density at radius 1 is 0.654 bits per heavy atom. The number of rotatable bonds is 34. The Kier molecular flexibility index (Phi) is 30.2. The van der Waals surface area contributed by atoms with Gasteiger partial charge in [-0.1, -0.05) is 148 Å². The molecule has 308 valence electrons. The summed E-state index contributed by atoms with van der Waals surface area (Å²) in [5, 5.41) is 74.5. The fraction of sp³-hybridized carbons (Fsp3) is 0.927. The van der Waals surface area contributed by atoms with Crippen molar-refractivity contribution >= 4 is 5.91 Å². The molecule has 1 fully saturated rings. The van der Waals surface area contributed by atoms with Gasteiger partial charge in [0.05, 0.1) is 25.4 Å². The quantitative estimate of drug-likeness (QED) is 0.0299. The van der Waals surface area contributed by atoms with Gasteiger partial charge in [0.25, 0.3) is 0 Å². The molecule has 1 rings (SSSR count). The lowest BCUT2D eigenvalue weighted by molar-refractivity contribution is -0.303. The van der Waals surface area contributed by atoms with Gasteiger partial charge in [0.15, 0.2) is 6.29 Å². The van der Waals surface area contributed by atoms with E-state index in [4.69, 9.17) is 9.47 Å². The first-order valence-electron chi connectivity index (χ1n) is 21.1. The molecule has 9 unspecified atom stereocenters. The number of allylic oxidation sites excluding steroid dienone is 2. The van der Waals surface area contributed by atoms with Crippen LogP contribution in [-0.2, 0) is 14.3 Å². The molecule has 1 heterocycles. The molecule has 0 radical (unpaired) electrons. The molecule has 1 amide bonds. The van der Waals surface area contributed by atoms with E-state index in [0.717, 1.165) is 44.9 Å². The highest BCUT2D eigenvalue weighted by molar-refractivity contribution is 5.80. The van der Waals surface area contributed by atoms with Crippen molar-refractivity contribution in [2.45, 2.75) is 229 Å². The number of aliphatic hydroxyl groups excluding tert-OH is 7. The molecule has 0 aliphatic carbocycles. The predicted octanol–water partition coefficient (Wildman–Crippen LogP) is 5.72. The summed E-state index contributed by atoms with van der Waals surface area (Å²) in [5.74, 6) is -0.711. The Bertz CT molecular complexity index is 861. The lowest BCUT2D eigenvalue weighted by Gasteiger charge is -2.40. The number of aliphatic hydroxyl groups is 7. The van der Waals surface area contributed by atoms with Crippen molar-refractivity contribution in [3.05, 3.63) is 12.2 Å². The van der Waals surface area contributed by atoms with Crippen molar-refractivity contribution in [1.29, 1.82) is 0 Å². The summed E-state index contributed by atoms with van der Waals surface area (Å²) in [6.07, 6.45) is 21.0. The number of nitrogens with one attached hydrogen (secondary N) is 1. The van der Waals surface area contributed by atoms with Crippen LogP contribution in [0.25, 0.3) is 0 Å². The molecule has 0 spiro atoms. The van der Waals surface area contributed by atoms with Crippen LogP contribution in [0.4, 0.5) is 0 Å². The molecule has 0 aromatic rings. The second-order valence-corrected chi connectivity index (χ2v) is 15.1. The van der Waals surface area contributed by atoms with Crippen LogP contribution in [-0.4, -0.2) is 110 Å². The minimum Gasteiger partial charge on any atom is -0.394 e. The standard InChI is InChI=1S/C41H79NO10/c1-3-5-7-8-9-10-11-12-13-14-15-16-17-18-19-20-21-22-23-24-25-27-29-34(45)40(50)42-32(36(46)33(44)28-26-6-4-2)31-51-41-39(49)38(48)37(47)35(30-43)52-41/h18-19,32-39,41,43-49H,3-17,20-31H2,1-2H3,(H,42,50)/b19-18-. The third-order valence-electron chi connectivity index (χ3n) is 10.3. The molecule has 0 saturated carbocycles. The zero-order valence-electron chi connectivity index (χ0n) is 32.8. The number of amides is 1. The topological polar surface area (TPSA) is 189 Å². The Morgan fingerprint density at radius 3 is 1.63 bits per heavy atom. The van der Waals surface area contributed by atoms with E-state index in [-0.39, 0.29) is 6.42 Å². The summed E-state index contributed by atoms with van der Waals surface area (Å²) in [4.78, 5) is 12.9. The molecule has 1 aliphatic rings. The van der Waals surface area contributed by atoms with Crippen LogP contribution >= 0.6 is 0 Å². The summed E-state index contributed by atoms with van der Waals surface area (Å²) in [6.45, 7) is 3.22. The summed E-state index contributed by atoms with van der Waals surface area (Å²) < 4.78 is 10.9. The number of carbonyl (C=O) groups is 1. The van der Waals surface area contributed by atoms with Crippen LogP contribution in [0.1, 0.15) is 174 Å². The lowest BCUT2D eigenvalue weighted by atomic mass is 9.98. The Morgan fingerprint density at radius 2 is 1.12 bits per heavy atom. The average Bonchev–Trinajstić information content (AvgIpc) is 3.14. The average molecular weight is 746 g/mol. The van der Waals surface area contributed by atoms with Crippen molar-refractivity contribution in [3.63, 3.8) is 0 Å². The fourth-order valence-corrected chi connectivity index (χ4v) is 6.73. The second-order valence-electron chi connectivity index (χ2n) is 15.1. The van der Waals surface area contributed by atoms with Crippen LogP contribution in [0.2, 0.25) is 0 Å². The maximum absolute atomic E-state index is 12.9. The number of unbranched alkanes of at least 4 members (excludes halogenated alkanes) is 20. The molecular formula is C41H79NO10. The molecule has 8 N–H and O–H groups in total. The summed E-state index contributed by atoms with van der Waals surface area (Å²) in [7, 11) is 0. The number of carbonyl (C=O) groups excluding carboxylic acids is 1. The molecular weight excluding hydrogens is 666 g/mol. The first-order chi connectivity index (χ1) is 25.2. The zero-order chi connectivity index (χ0) is 38.4. The number of hydrogen-bond acceptors (Lipinski definition) is 10. The summed E-state index contributed by atoms with van der Waals surface area (Å²) >= 11 is 0. The van der Waals surface area contributed by atoms with E-state index in [2.05, 4.69) is 24.4 Å². The highest BCUT2D eigenvalue weighted by Gasteiger charge is 2.44. The predicted molar refractivity (Wildman–Crippen MR) is 206 cm³/mol. The van der Waals surface area contributed by atoms with E-state index in [9.17, 15) is 40.5 Å². The van der Waals surface area contributed by atoms with Crippen LogP contribution < -0.4 is 5.32 Å². The van der Waals surface area contributed by atoms with Gasteiger partial charge in [-0.3, -0.25) is 4.79 Å². The van der Waals surface area contributed by atoms with E-state index in [1.54, 1.807) is 0 Å². The highest BCUT2D eigenvalue weighted by Crippen LogP contribution is 2.23. The van der Waals surface area contributed by atoms with Gasteiger partial charge in [-0.2, -0.15) is 0 Å². The van der Waals surface area contributed by atoms with Crippen molar-refractivity contribution in [1.82, 2.24) is 5.32 Å². The van der Waals surface area contributed by atoms with Crippen LogP contribution in [0.5, 0.6) is 0 Å². The largest absolute Gasteiger partial charge is 0.394 e. The second kappa shape index (κ2) is 32.1. The molecule has 1 saturated heterocycles. The Balaban J connectivity index is 2.26. The van der Waals surface area contributed by atoms with Gasteiger partial charge in [0.2, 0.25) is 5.91 Å². The fourth-order valence-electron chi connectivity index (χ4n) is 6.73. The summed E-state index contributed by atoms with van der Waals surface area (Å²) in [6, 6.07) is -1.16. The molecule has 52 heavy (non-hydrogen) atoms. The Labute approximate surface area is 315 Å². The third-order valence-corrected chi connectivity index (χ3v) is 10.3. The maximum atomic E-state index is 12.9. The van der Waals surface area contributed by atoms with Gasteiger partial charge in [0, 0.05) is 0 Å². The summed E-state index contributed by atoms with van der Waals surface area (Å²) in [5.41, 5.74) is 0. The maximum Gasteiger partial charge on any atom is 0.249 e. The van der Waals surface area contributed by atoms with Gasteiger partial charge >= 0.3 is 0 Å². The monoisotopic (exact) mass is 746 g/mol. The van der Waals surface area contributed by atoms with Crippen molar-refractivity contribution in [2.24, 2.45) is 0 Å². The SMILES string of the molecule is CCCCCCCCCCCCCC/C=C\CCCCCCCCC(O)C(=O)NC(COC1OC(CO)C(O)C(O)C1O)C(O)C(O)CCCCC. The molecule has 11 heteroatoms. The minimum absolute atomic E-state index is 0.253. The van der Waals surface area contributed by atoms with Gasteiger partial charge in [0.1, 0.15) is 36.6 Å². The van der Waals surface area contributed by atoms with E-state index < -0.39 is 74.2 Å². The normalized spacial score (nSPS) is 23.1. The van der Waals surface area contributed by atoms with Gasteiger partial charge in [-0.25, -0.2) is 0 Å². The molecule has 1 aliphatic heterocycles. The minimum atomic E-state index is -1.66. The number of hydrogen-bond donors (Lipinski definition) is 8. The molecule has 0 aromatic heterocycles. The van der Waals surface area contributed by atoms with E-state index in [1.807, 2.05) is 6.92 Å². The molecule has 0 aromatic carbocycles. The highest BCUT2D eigenvalue weighted by atomic mass is 16.7. The van der Waals surface area contributed by atoms with Crippen LogP contribution in [0, 0.1) is 0 Å². The van der Waals surface area contributed by atoms with Crippen molar-refractivity contribution < 1.29 is 50.0 Å². The molecule has 0 bridgehead atoms. The number of ether oxygens (including phenoxy) is 2. The van der Waals surface area contributed by atoms with Gasteiger partial charge < -0.3 is 50.5 Å². The van der Waals surface area contributed by atoms with Crippen molar-refractivity contribution in [3.8, 4) is 0 Å². The first-order valence-corrected chi connectivity index (χ1v) is 21.1. The van der Waals surface area contributed by atoms with Crippen molar-refractivity contribution in [2.75, 3.05) is 13.2 Å². The zero-order valence-corrected chi connectivity index (χ0v) is 32.8. The van der Waals surface area contributed by atoms with Gasteiger partial charge in [-0.05, 0) is 38.5 Å². The van der Waals surface area contributed by atoms with Crippen LogP contribution in [0.3, 0.4) is 0 Å². The van der Waals surface area contributed by atoms with Gasteiger partial charge in [-0.15, -0.1) is 0 Å². The molecule has 11 nitrogen and oxygen atoms in total.